The molecule has 0 spiro atoms. The fourth-order valence-corrected chi connectivity index (χ4v) is 2.00. The number of hydrogen-bond acceptors (Lipinski definition) is 3. The predicted octanol–water partition coefficient (Wildman–Crippen LogP) is 2.83. The Morgan fingerprint density at radius 3 is 2.55 bits per heavy atom. The number of carbonyl (C=O) groups is 1. The highest BCUT2D eigenvalue weighted by atomic mass is 35.5. The zero-order chi connectivity index (χ0) is 14.5. The molecule has 104 valence electrons. The number of carbonyl (C=O) groups excluding carboxylic acids is 1. The van der Waals surface area contributed by atoms with Crippen molar-refractivity contribution >= 4 is 17.5 Å². The molecule has 3 N–H and O–H groups in total. The summed E-state index contributed by atoms with van der Waals surface area (Å²) in [4.78, 5) is 11.3. The van der Waals surface area contributed by atoms with Gasteiger partial charge in [-0.3, -0.25) is 10.2 Å². The number of hydrazine groups is 1. The van der Waals surface area contributed by atoms with Gasteiger partial charge < -0.3 is 4.74 Å². The van der Waals surface area contributed by atoms with E-state index in [2.05, 4.69) is 5.43 Å². The second-order valence-corrected chi connectivity index (χ2v) is 4.81. The number of amides is 1. The minimum absolute atomic E-state index is 0.314. The Hall–Kier alpha value is -2.04. The molecule has 0 atom stereocenters. The van der Waals surface area contributed by atoms with Crippen molar-refractivity contribution in [2.24, 2.45) is 5.84 Å². The number of nitrogen functional groups attached to an aromatic ring is 1. The Bertz CT molecular complexity index is 612. The minimum atomic E-state index is -0.314. The van der Waals surface area contributed by atoms with Crippen LogP contribution in [0.25, 0.3) is 0 Å². The molecule has 2 aromatic rings. The van der Waals surface area contributed by atoms with E-state index in [4.69, 9.17) is 22.2 Å². The topological polar surface area (TPSA) is 64.3 Å². The number of halogens is 1. The second kappa shape index (κ2) is 6.41. The molecule has 5 heteroatoms. The van der Waals surface area contributed by atoms with Crippen LogP contribution < -0.4 is 16.0 Å². The molecule has 1 amide bonds. The van der Waals surface area contributed by atoms with Crippen LogP contribution in [0.1, 0.15) is 21.5 Å². The van der Waals surface area contributed by atoms with E-state index in [9.17, 15) is 4.79 Å². The molecule has 0 unspecified atom stereocenters. The summed E-state index contributed by atoms with van der Waals surface area (Å²) >= 11 is 5.89. The lowest BCUT2D eigenvalue weighted by atomic mass is 10.1. The van der Waals surface area contributed by atoms with E-state index in [0.717, 1.165) is 16.9 Å². The summed E-state index contributed by atoms with van der Waals surface area (Å²) in [5.74, 6) is 5.55. The Morgan fingerprint density at radius 2 is 1.95 bits per heavy atom. The lowest BCUT2D eigenvalue weighted by Gasteiger charge is -2.09. The van der Waals surface area contributed by atoms with E-state index in [1.807, 2.05) is 31.2 Å². The van der Waals surface area contributed by atoms with Crippen molar-refractivity contribution in [1.29, 1.82) is 0 Å². The molecular formula is C15H15ClN2O2. The molecule has 0 aliphatic carbocycles. The summed E-state index contributed by atoms with van der Waals surface area (Å²) in [6.45, 7) is 2.36. The first-order chi connectivity index (χ1) is 9.60. The SMILES string of the molecule is Cc1cc(Cl)ccc1OCc1ccc(C(=O)NN)cc1. The first-order valence-electron chi connectivity index (χ1n) is 6.09. The molecule has 0 heterocycles. The first kappa shape index (κ1) is 14.4. The lowest BCUT2D eigenvalue weighted by Crippen LogP contribution is -2.29. The molecule has 20 heavy (non-hydrogen) atoms. The van der Waals surface area contributed by atoms with Crippen molar-refractivity contribution < 1.29 is 9.53 Å². The summed E-state index contributed by atoms with van der Waals surface area (Å²) in [6.07, 6.45) is 0. The zero-order valence-electron chi connectivity index (χ0n) is 11.0. The van der Waals surface area contributed by atoms with Gasteiger partial charge in [-0.25, -0.2) is 5.84 Å². The molecule has 0 saturated heterocycles. The van der Waals surface area contributed by atoms with Gasteiger partial charge in [-0.2, -0.15) is 0 Å². The van der Waals surface area contributed by atoms with E-state index < -0.39 is 0 Å². The molecule has 0 fully saturated rings. The van der Waals surface area contributed by atoms with Crippen molar-refractivity contribution in [2.75, 3.05) is 0 Å². The van der Waals surface area contributed by atoms with Crippen LogP contribution in [0, 0.1) is 6.92 Å². The largest absolute Gasteiger partial charge is 0.489 e. The minimum Gasteiger partial charge on any atom is -0.489 e. The van der Waals surface area contributed by atoms with Crippen LogP contribution in [0.2, 0.25) is 5.02 Å². The smallest absolute Gasteiger partial charge is 0.265 e. The summed E-state index contributed by atoms with van der Waals surface area (Å²) in [5.41, 5.74) is 4.55. The predicted molar refractivity (Wildman–Crippen MR) is 78.6 cm³/mol. The number of nitrogens with one attached hydrogen (secondary N) is 1. The van der Waals surface area contributed by atoms with Crippen LogP contribution in [0.15, 0.2) is 42.5 Å². The molecule has 0 aromatic heterocycles. The van der Waals surface area contributed by atoms with Crippen molar-refractivity contribution in [3.8, 4) is 5.75 Å². The van der Waals surface area contributed by atoms with Gasteiger partial charge in [-0.1, -0.05) is 23.7 Å². The second-order valence-electron chi connectivity index (χ2n) is 4.37. The highest BCUT2D eigenvalue weighted by molar-refractivity contribution is 6.30. The summed E-state index contributed by atoms with van der Waals surface area (Å²) in [7, 11) is 0. The van der Waals surface area contributed by atoms with Gasteiger partial charge in [0.15, 0.2) is 0 Å². The quantitative estimate of drug-likeness (QED) is 0.517. The van der Waals surface area contributed by atoms with E-state index in [1.165, 1.54) is 0 Å². The number of ether oxygens (including phenoxy) is 1. The van der Waals surface area contributed by atoms with E-state index in [-0.39, 0.29) is 5.91 Å². The van der Waals surface area contributed by atoms with Gasteiger partial charge in [0, 0.05) is 10.6 Å². The molecule has 0 aliphatic heterocycles. The molecule has 4 nitrogen and oxygen atoms in total. The van der Waals surface area contributed by atoms with Gasteiger partial charge in [-0.15, -0.1) is 0 Å². The zero-order valence-corrected chi connectivity index (χ0v) is 11.8. The highest BCUT2D eigenvalue weighted by Crippen LogP contribution is 2.22. The Morgan fingerprint density at radius 1 is 1.25 bits per heavy atom. The molecule has 0 aliphatic rings. The van der Waals surface area contributed by atoms with Crippen molar-refractivity contribution in [3.05, 3.63) is 64.2 Å². The van der Waals surface area contributed by atoms with Crippen LogP contribution in [0.3, 0.4) is 0 Å². The van der Waals surface area contributed by atoms with E-state index in [0.29, 0.717) is 17.2 Å². The first-order valence-corrected chi connectivity index (χ1v) is 6.47. The number of hydrogen-bond donors (Lipinski definition) is 2. The standard InChI is InChI=1S/C15H15ClN2O2/c1-10-8-13(16)6-7-14(10)20-9-11-2-4-12(5-3-11)15(19)18-17/h2-8H,9,17H2,1H3,(H,18,19). The molecular weight excluding hydrogens is 276 g/mol. The molecule has 0 saturated carbocycles. The van der Waals surface area contributed by atoms with Crippen LogP contribution in [0.4, 0.5) is 0 Å². The molecule has 2 rings (SSSR count). The summed E-state index contributed by atoms with van der Waals surface area (Å²) in [5, 5.41) is 0.687. The average molecular weight is 291 g/mol. The Kier molecular flexibility index (Phi) is 4.61. The third-order valence-corrected chi connectivity index (χ3v) is 3.11. The fourth-order valence-electron chi connectivity index (χ4n) is 1.77. The van der Waals surface area contributed by atoms with Crippen LogP contribution in [0.5, 0.6) is 5.75 Å². The Balaban J connectivity index is 2.02. The maximum atomic E-state index is 11.3. The maximum absolute atomic E-state index is 11.3. The molecule has 0 radical (unpaired) electrons. The monoisotopic (exact) mass is 290 g/mol. The highest BCUT2D eigenvalue weighted by Gasteiger charge is 2.04. The third-order valence-electron chi connectivity index (χ3n) is 2.88. The van der Waals surface area contributed by atoms with Crippen molar-refractivity contribution in [1.82, 2.24) is 5.43 Å². The average Bonchev–Trinajstić information content (AvgIpc) is 2.46. The lowest BCUT2D eigenvalue weighted by molar-refractivity contribution is 0.0953. The third kappa shape index (κ3) is 3.50. The number of rotatable bonds is 4. The molecule has 2 aromatic carbocycles. The van der Waals surface area contributed by atoms with Crippen LogP contribution in [-0.4, -0.2) is 5.91 Å². The number of nitrogens with two attached hydrogens (primary N) is 1. The summed E-state index contributed by atoms with van der Waals surface area (Å²) < 4.78 is 5.72. The fraction of sp³-hybridized carbons (Fsp3) is 0.133. The van der Waals surface area contributed by atoms with Gasteiger partial charge >= 0.3 is 0 Å². The van der Waals surface area contributed by atoms with Gasteiger partial charge in [0.05, 0.1) is 0 Å². The van der Waals surface area contributed by atoms with Gasteiger partial charge in [0.2, 0.25) is 0 Å². The van der Waals surface area contributed by atoms with E-state index in [1.54, 1.807) is 18.2 Å². The normalized spacial score (nSPS) is 10.2. The maximum Gasteiger partial charge on any atom is 0.265 e. The van der Waals surface area contributed by atoms with E-state index >= 15 is 0 Å². The number of aryl methyl sites for hydroxylation is 1. The van der Waals surface area contributed by atoms with Crippen molar-refractivity contribution in [2.45, 2.75) is 13.5 Å². The van der Waals surface area contributed by atoms with Gasteiger partial charge in [-0.05, 0) is 48.4 Å². The summed E-state index contributed by atoms with van der Waals surface area (Å²) in [6, 6.07) is 12.6. The van der Waals surface area contributed by atoms with Crippen LogP contribution in [-0.2, 0) is 6.61 Å². The van der Waals surface area contributed by atoms with Crippen LogP contribution >= 0.6 is 11.6 Å². The van der Waals surface area contributed by atoms with Crippen molar-refractivity contribution in [3.63, 3.8) is 0 Å². The number of benzene rings is 2. The van der Waals surface area contributed by atoms with Gasteiger partial charge in [0.25, 0.3) is 5.91 Å². The Labute approximate surface area is 122 Å². The molecule has 0 bridgehead atoms. The van der Waals surface area contributed by atoms with Gasteiger partial charge in [0.1, 0.15) is 12.4 Å².